The molecule has 0 atom stereocenters. The molecule has 88 valence electrons. The Labute approximate surface area is 104 Å². The van der Waals surface area contributed by atoms with Crippen molar-refractivity contribution in [1.82, 2.24) is 4.98 Å². The SMILES string of the molecule is COC(=O)c1nc(OC)c(C(F)F)cc1I. The van der Waals surface area contributed by atoms with Crippen LogP contribution in [0.2, 0.25) is 0 Å². The number of rotatable bonds is 3. The molecular weight excluding hydrogens is 335 g/mol. The molecule has 1 rings (SSSR count). The van der Waals surface area contributed by atoms with Gasteiger partial charge in [0.2, 0.25) is 5.88 Å². The molecule has 0 saturated carbocycles. The van der Waals surface area contributed by atoms with Crippen molar-refractivity contribution in [2.45, 2.75) is 6.43 Å². The Hall–Kier alpha value is -0.990. The highest BCUT2D eigenvalue weighted by Gasteiger charge is 2.21. The second kappa shape index (κ2) is 5.37. The van der Waals surface area contributed by atoms with Gasteiger partial charge in [-0.05, 0) is 28.7 Å². The minimum atomic E-state index is -2.71. The van der Waals surface area contributed by atoms with Crippen LogP contribution < -0.4 is 4.74 Å². The first-order chi connectivity index (χ1) is 7.51. The number of esters is 1. The van der Waals surface area contributed by atoms with E-state index in [1.165, 1.54) is 14.2 Å². The Bertz CT molecular complexity index is 412. The van der Waals surface area contributed by atoms with E-state index in [1.807, 2.05) is 0 Å². The van der Waals surface area contributed by atoms with Crippen LogP contribution in [0.15, 0.2) is 6.07 Å². The topological polar surface area (TPSA) is 48.4 Å². The number of pyridine rings is 1. The zero-order valence-electron chi connectivity index (χ0n) is 8.46. The van der Waals surface area contributed by atoms with Crippen molar-refractivity contribution in [3.8, 4) is 5.88 Å². The summed E-state index contributed by atoms with van der Waals surface area (Å²) in [6, 6.07) is 1.16. The van der Waals surface area contributed by atoms with E-state index in [-0.39, 0.29) is 17.1 Å². The molecule has 0 amide bonds. The van der Waals surface area contributed by atoms with Crippen molar-refractivity contribution >= 4 is 28.6 Å². The van der Waals surface area contributed by atoms with E-state index in [2.05, 4.69) is 9.72 Å². The summed E-state index contributed by atoms with van der Waals surface area (Å²) in [6.07, 6.45) is -2.71. The fraction of sp³-hybridized carbons (Fsp3) is 0.333. The van der Waals surface area contributed by atoms with Crippen LogP contribution in [0.25, 0.3) is 0 Å². The molecule has 1 heterocycles. The maximum absolute atomic E-state index is 12.6. The Kier molecular flexibility index (Phi) is 4.39. The number of halogens is 3. The molecule has 16 heavy (non-hydrogen) atoms. The third-order valence-corrected chi connectivity index (χ3v) is 2.60. The van der Waals surface area contributed by atoms with Crippen molar-refractivity contribution in [2.24, 2.45) is 0 Å². The maximum atomic E-state index is 12.6. The van der Waals surface area contributed by atoms with Crippen LogP contribution in [-0.4, -0.2) is 25.2 Å². The molecule has 0 aliphatic rings. The average Bonchev–Trinajstić information content (AvgIpc) is 2.27. The molecule has 0 aromatic carbocycles. The van der Waals surface area contributed by atoms with E-state index >= 15 is 0 Å². The zero-order chi connectivity index (χ0) is 12.3. The first kappa shape index (κ1) is 13.1. The Morgan fingerprint density at radius 2 is 2.12 bits per heavy atom. The fourth-order valence-electron chi connectivity index (χ4n) is 1.05. The second-order valence-corrected chi connectivity index (χ2v) is 3.87. The van der Waals surface area contributed by atoms with E-state index in [0.717, 1.165) is 6.07 Å². The summed E-state index contributed by atoms with van der Waals surface area (Å²) in [6.45, 7) is 0. The highest BCUT2D eigenvalue weighted by Crippen LogP contribution is 2.29. The average molecular weight is 343 g/mol. The van der Waals surface area contributed by atoms with Crippen molar-refractivity contribution in [1.29, 1.82) is 0 Å². The molecule has 1 aromatic rings. The summed E-state index contributed by atoms with van der Waals surface area (Å²) in [5, 5.41) is 0. The van der Waals surface area contributed by atoms with E-state index in [9.17, 15) is 13.6 Å². The molecule has 0 radical (unpaired) electrons. The van der Waals surface area contributed by atoms with Gasteiger partial charge in [0.15, 0.2) is 5.69 Å². The number of ether oxygens (including phenoxy) is 2. The zero-order valence-corrected chi connectivity index (χ0v) is 10.6. The maximum Gasteiger partial charge on any atom is 0.357 e. The van der Waals surface area contributed by atoms with Gasteiger partial charge in [-0.15, -0.1) is 0 Å². The lowest BCUT2D eigenvalue weighted by Gasteiger charge is -2.09. The smallest absolute Gasteiger partial charge is 0.357 e. The standard InChI is InChI=1S/C9H8F2INO3/c1-15-8-4(7(10)11)3-5(12)6(13-8)9(14)16-2/h3,7H,1-2H3. The first-order valence-electron chi connectivity index (χ1n) is 4.12. The quantitative estimate of drug-likeness (QED) is 0.625. The summed E-state index contributed by atoms with van der Waals surface area (Å²) in [5.41, 5.74) is -0.385. The number of methoxy groups -OCH3 is 2. The molecule has 0 unspecified atom stereocenters. The van der Waals surface area contributed by atoms with Crippen LogP contribution >= 0.6 is 22.6 Å². The molecule has 0 saturated heterocycles. The van der Waals surface area contributed by atoms with Crippen LogP contribution in [0.1, 0.15) is 22.5 Å². The lowest BCUT2D eigenvalue weighted by molar-refractivity contribution is 0.0590. The third-order valence-electron chi connectivity index (χ3n) is 1.78. The van der Waals surface area contributed by atoms with Gasteiger partial charge < -0.3 is 9.47 Å². The predicted molar refractivity (Wildman–Crippen MR) is 59.8 cm³/mol. The van der Waals surface area contributed by atoms with Gasteiger partial charge in [0.1, 0.15) is 0 Å². The van der Waals surface area contributed by atoms with Gasteiger partial charge in [-0.3, -0.25) is 0 Å². The van der Waals surface area contributed by atoms with Gasteiger partial charge in [-0.1, -0.05) is 0 Å². The number of aromatic nitrogens is 1. The van der Waals surface area contributed by atoms with Crippen LogP contribution in [0.5, 0.6) is 5.88 Å². The summed E-state index contributed by atoms with van der Waals surface area (Å²) >= 11 is 1.74. The summed E-state index contributed by atoms with van der Waals surface area (Å²) in [5.74, 6) is -0.959. The van der Waals surface area contributed by atoms with Gasteiger partial charge >= 0.3 is 5.97 Å². The number of carbonyl (C=O) groups is 1. The van der Waals surface area contributed by atoms with Crippen LogP contribution in [-0.2, 0) is 4.74 Å². The van der Waals surface area contributed by atoms with Crippen molar-refractivity contribution < 1.29 is 23.0 Å². The predicted octanol–water partition coefficient (Wildman–Crippen LogP) is 2.42. The third kappa shape index (κ3) is 2.57. The number of nitrogens with zero attached hydrogens (tertiary/aromatic N) is 1. The highest BCUT2D eigenvalue weighted by atomic mass is 127. The minimum absolute atomic E-state index is 0.0376. The molecule has 4 nitrogen and oxygen atoms in total. The summed E-state index contributed by atoms with van der Waals surface area (Å²) in [7, 11) is 2.40. The van der Waals surface area contributed by atoms with Crippen molar-refractivity contribution in [3.63, 3.8) is 0 Å². The van der Waals surface area contributed by atoms with E-state index in [1.54, 1.807) is 22.6 Å². The number of carbonyl (C=O) groups excluding carboxylic acids is 1. The van der Waals surface area contributed by atoms with Gasteiger partial charge in [0.25, 0.3) is 6.43 Å². The Morgan fingerprint density at radius 3 is 2.56 bits per heavy atom. The number of alkyl halides is 2. The van der Waals surface area contributed by atoms with E-state index in [0.29, 0.717) is 3.57 Å². The highest BCUT2D eigenvalue weighted by molar-refractivity contribution is 14.1. The molecular formula is C9H8F2INO3. The van der Waals surface area contributed by atoms with Crippen molar-refractivity contribution in [3.05, 3.63) is 20.9 Å². The van der Waals surface area contributed by atoms with Crippen molar-refractivity contribution in [2.75, 3.05) is 14.2 Å². The first-order valence-corrected chi connectivity index (χ1v) is 5.20. The lowest BCUT2D eigenvalue weighted by Crippen LogP contribution is -2.09. The van der Waals surface area contributed by atoms with Gasteiger partial charge in [0.05, 0.1) is 19.8 Å². The summed E-state index contributed by atoms with van der Waals surface area (Å²) < 4.78 is 34.6. The fourth-order valence-corrected chi connectivity index (χ4v) is 1.72. The minimum Gasteiger partial charge on any atom is -0.481 e. The molecule has 0 aliphatic carbocycles. The molecule has 0 N–H and O–H groups in total. The summed E-state index contributed by atoms with van der Waals surface area (Å²) in [4.78, 5) is 14.9. The molecule has 0 spiro atoms. The molecule has 0 aliphatic heterocycles. The van der Waals surface area contributed by atoms with E-state index < -0.39 is 12.4 Å². The van der Waals surface area contributed by atoms with Crippen LogP contribution in [0, 0.1) is 3.57 Å². The molecule has 7 heteroatoms. The van der Waals surface area contributed by atoms with E-state index in [4.69, 9.17) is 4.74 Å². The monoisotopic (exact) mass is 343 g/mol. The normalized spacial score (nSPS) is 10.4. The van der Waals surface area contributed by atoms with Crippen LogP contribution in [0.4, 0.5) is 8.78 Å². The van der Waals surface area contributed by atoms with Crippen LogP contribution in [0.3, 0.4) is 0 Å². The van der Waals surface area contributed by atoms with Gasteiger partial charge in [-0.2, -0.15) is 0 Å². The Morgan fingerprint density at radius 1 is 1.50 bits per heavy atom. The molecule has 1 aromatic heterocycles. The Balaban J connectivity index is 3.31. The molecule has 0 bridgehead atoms. The lowest BCUT2D eigenvalue weighted by atomic mass is 10.2. The van der Waals surface area contributed by atoms with Gasteiger partial charge in [-0.25, -0.2) is 18.6 Å². The molecule has 0 fully saturated rings. The largest absolute Gasteiger partial charge is 0.481 e. The number of hydrogen-bond acceptors (Lipinski definition) is 4. The second-order valence-electron chi connectivity index (χ2n) is 2.71. The number of hydrogen-bond donors (Lipinski definition) is 0. The van der Waals surface area contributed by atoms with Gasteiger partial charge in [0, 0.05) is 3.57 Å².